The zero-order valence-electron chi connectivity index (χ0n) is 10.1. The standard InChI is InChI=1S/C11H20N4O/c1-3-15-5-4-10(8-15)6-12-7-11-14-13-9(2)16-11/h10,12H,3-8H2,1-2H3. The summed E-state index contributed by atoms with van der Waals surface area (Å²) in [7, 11) is 0. The van der Waals surface area contributed by atoms with Crippen LogP contribution in [0.25, 0.3) is 0 Å². The average molecular weight is 224 g/mol. The van der Waals surface area contributed by atoms with Crippen LogP contribution in [0.1, 0.15) is 25.1 Å². The smallest absolute Gasteiger partial charge is 0.230 e. The lowest BCUT2D eigenvalue weighted by molar-refractivity contribution is 0.337. The highest BCUT2D eigenvalue weighted by atomic mass is 16.4. The maximum atomic E-state index is 5.30. The first kappa shape index (κ1) is 11.5. The number of nitrogens with one attached hydrogen (secondary N) is 1. The minimum atomic E-state index is 0.634. The highest BCUT2D eigenvalue weighted by Gasteiger charge is 2.20. The van der Waals surface area contributed by atoms with Gasteiger partial charge in [-0.2, -0.15) is 0 Å². The molecule has 1 saturated heterocycles. The number of rotatable bonds is 5. The zero-order chi connectivity index (χ0) is 11.4. The van der Waals surface area contributed by atoms with E-state index in [0.29, 0.717) is 18.3 Å². The Balaban J connectivity index is 1.65. The first-order chi connectivity index (χ1) is 7.78. The van der Waals surface area contributed by atoms with Crippen LogP contribution < -0.4 is 5.32 Å². The van der Waals surface area contributed by atoms with E-state index in [0.717, 1.165) is 12.5 Å². The van der Waals surface area contributed by atoms with Crippen LogP contribution in [0.15, 0.2) is 4.42 Å². The Bertz CT molecular complexity index is 326. The van der Waals surface area contributed by atoms with Crippen LogP contribution in [0.2, 0.25) is 0 Å². The van der Waals surface area contributed by atoms with E-state index < -0.39 is 0 Å². The highest BCUT2D eigenvalue weighted by Crippen LogP contribution is 2.14. The fraction of sp³-hybridized carbons (Fsp3) is 0.818. The number of aryl methyl sites for hydroxylation is 1. The molecule has 0 radical (unpaired) electrons. The van der Waals surface area contributed by atoms with Crippen molar-refractivity contribution in [2.45, 2.75) is 26.8 Å². The van der Waals surface area contributed by atoms with Gasteiger partial charge in [-0.25, -0.2) is 0 Å². The van der Waals surface area contributed by atoms with E-state index in [4.69, 9.17) is 4.42 Å². The predicted octanol–water partition coefficient (Wildman–Crippen LogP) is 0.809. The molecule has 2 heterocycles. The van der Waals surface area contributed by atoms with Crippen molar-refractivity contribution in [3.05, 3.63) is 11.8 Å². The molecule has 1 atom stereocenters. The third kappa shape index (κ3) is 3.02. The first-order valence-electron chi connectivity index (χ1n) is 6.00. The number of likely N-dealkylation sites (tertiary alicyclic amines) is 1. The monoisotopic (exact) mass is 224 g/mol. The third-order valence-corrected chi connectivity index (χ3v) is 3.09. The van der Waals surface area contributed by atoms with E-state index in [1.807, 2.05) is 6.92 Å². The molecule has 16 heavy (non-hydrogen) atoms. The first-order valence-corrected chi connectivity index (χ1v) is 6.00. The molecule has 0 aliphatic carbocycles. The van der Waals surface area contributed by atoms with E-state index in [1.54, 1.807) is 0 Å². The van der Waals surface area contributed by atoms with Crippen molar-refractivity contribution >= 4 is 0 Å². The second-order valence-electron chi connectivity index (χ2n) is 4.39. The topological polar surface area (TPSA) is 54.2 Å². The van der Waals surface area contributed by atoms with Gasteiger partial charge in [-0.15, -0.1) is 10.2 Å². The summed E-state index contributed by atoms with van der Waals surface area (Å²) < 4.78 is 5.30. The van der Waals surface area contributed by atoms with Gasteiger partial charge in [0.05, 0.1) is 6.54 Å². The van der Waals surface area contributed by atoms with Gasteiger partial charge in [-0.1, -0.05) is 6.92 Å². The van der Waals surface area contributed by atoms with Crippen LogP contribution in [-0.2, 0) is 6.54 Å². The van der Waals surface area contributed by atoms with Crippen molar-refractivity contribution in [2.75, 3.05) is 26.2 Å². The molecule has 1 aromatic heterocycles. The SMILES string of the molecule is CCN1CCC(CNCc2nnc(C)o2)C1. The summed E-state index contributed by atoms with van der Waals surface area (Å²) in [6.45, 7) is 9.37. The molecular formula is C11H20N4O. The number of hydrogen-bond acceptors (Lipinski definition) is 5. The maximum absolute atomic E-state index is 5.30. The lowest BCUT2D eigenvalue weighted by Crippen LogP contribution is -2.26. The molecule has 90 valence electrons. The van der Waals surface area contributed by atoms with Crippen molar-refractivity contribution in [3.8, 4) is 0 Å². The zero-order valence-corrected chi connectivity index (χ0v) is 10.1. The van der Waals surface area contributed by atoms with Gasteiger partial charge < -0.3 is 14.6 Å². The molecule has 0 saturated carbocycles. The lowest BCUT2D eigenvalue weighted by Gasteiger charge is -2.13. The van der Waals surface area contributed by atoms with Crippen LogP contribution in [0.3, 0.4) is 0 Å². The van der Waals surface area contributed by atoms with Crippen LogP contribution >= 0.6 is 0 Å². The molecule has 0 aromatic carbocycles. The Hall–Kier alpha value is -0.940. The largest absolute Gasteiger partial charge is 0.424 e. The molecule has 5 nitrogen and oxygen atoms in total. The van der Waals surface area contributed by atoms with Crippen LogP contribution in [-0.4, -0.2) is 41.3 Å². The molecule has 1 aliphatic rings. The molecule has 1 aliphatic heterocycles. The number of hydrogen-bond donors (Lipinski definition) is 1. The van der Waals surface area contributed by atoms with Gasteiger partial charge in [0, 0.05) is 13.5 Å². The van der Waals surface area contributed by atoms with Gasteiger partial charge in [-0.3, -0.25) is 0 Å². The minimum absolute atomic E-state index is 0.634. The Kier molecular flexibility index (Phi) is 3.90. The highest BCUT2D eigenvalue weighted by molar-refractivity contribution is 4.80. The van der Waals surface area contributed by atoms with E-state index in [9.17, 15) is 0 Å². The van der Waals surface area contributed by atoms with Crippen LogP contribution in [0.4, 0.5) is 0 Å². The number of aromatic nitrogens is 2. The Morgan fingerprint density at radius 2 is 2.38 bits per heavy atom. The van der Waals surface area contributed by atoms with Gasteiger partial charge in [0.2, 0.25) is 11.8 Å². The fourth-order valence-electron chi connectivity index (χ4n) is 2.16. The van der Waals surface area contributed by atoms with E-state index in [-0.39, 0.29) is 0 Å². The summed E-state index contributed by atoms with van der Waals surface area (Å²) in [5.41, 5.74) is 0. The molecule has 1 unspecified atom stereocenters. The van der Waals surface area contributed by atoms with Crippen molar-refractivity contribution in [3.63, 3.8) is 0 Å². The van der Waals surface area contributed by atoms with Crippen molar-refractivity contribution in [1.82, 2.24) is 20.4 Å². The van der Waals surface area contributed by atoms with Gasteiger partial charge in [-0.05, 0) is 32.0 Å². The van der Waals surface area contributed by atoms with Crippen LogP contribution in [0, 0.1) is 12.8 Å². The normalized spacial score (nSPS) is 21.8. The molecule has 0 spiro atoms. The summed E-state index contributed by atoms with van der Waals surface area (Å²) >= 11 is 0. The lowest BCUT2D eigenvalue weighted by atomic mass is 10.1. The van der Waals surface area contributed by atoms with Crippen LogP contribution in [0.5, 0.6) is 0 Å². The molecular weight excluding hydrogens is 204 g/mol. The van der Waals surface area contributed by atoms with Crippen molar-refractivity contribution in [2.24, 2.45) is 5.92 Å². The summed E-state index contributed by atoms with van der Waals surface area (Å²) in [4.78, 5) is 2.49. The second-order valence-corrected chi connectivity index (χ2v) is 4.39. The van der Waals surface area contributed by atoms with Gasteiger partial charge in [0.15, 0.2) is 0 Å². The van der Waals surface area contributed by atoms with Gasteiger partial charge >= 0.3 is 0 Å². The quantitative estimate of drug-likeness (QED) is 0.802. The molecule has 5 heteroatoms. The number of nitrogens with zero attached hydrogens (tertiary/aromatic N) is 3. The Labute approximate surface area is 96.2 Å². The molecule has 0 bridgehead atoms. The summed E-state index contributed by atoms with van der Waals surface area (Å²) in [5, 5.41) is 11.1. The fourth-order valence-corrected chi connectivity index (χ4v) is 2.16. The van der Waals surface area contributed by atoms with E-state index >= 15 is 0 Å². The maximum Gasteiger partial charge on any atom is 0.230 e. The molecule has 1 aromatic rings. The Morgan fingerprint density at radius 3 is 3.00 bits per heavy atom. The predicted molar refractivity (Wildman–Crippen MR) is 61.0 cm³/mol. The van der Waals surface area contributed by atoms with Crippen molar-refractivity contribution < 1.29 is 4.42 Å². The molecule has 1 N–H and O–H groups in total. The van der Waals surface area contributed by atoms with Gasteiger partial charge in [0.1, 0.15) is 0 Å². The average Bonchev–Trinajstić information content (AvgIpc) is 2.88. The second kappa shape index (κ2) is 5.41. The van der Waals surface area contributed by atoms with Crippen molar-refractivity contribution in [1.29, 1.82) is 0 Å². The van der Waals surface area contributed by atoms with Gasteiger partial charge in [0.25, 0.3) is 0 Å². The molecule has 1 fully saturated rings. The molecule has 2 rings (SSSR count). The van der Waals surface area contributed by atoms with E-state index in [2.05, 4.69) is 27.3 Å². The third-order valence-electron chi connectivity index (χ3n) is 3.09. The summed E-state index contributed by atoms with van der Waals surface area (Å²) in [6, 6.07) is 0. The summed E-state index contributed by atoms with van der Waals surface area (Å²) in [6.07, 6.45) is 1.30. The Morgan fingerprint density at radius 1 is 1.50 bits per heavy atom. The molecule has 0 amide bonds. The minimum Gasteiger partial charge on any atom is -0.424 e. The summed E-state index contributed by atoms with van der Waals surface area (Å²) in [5.74, 6) is 2.08. The van der Waals surface area contributed by atoms with E-state index in [1.165, 1.54) is 26.1 Å².